The molecule has 43 heavy (non-hydrogen) atoms. The molecule has 1 saturated heterocycles. The molecule has 0 radical (unpaired) electrons. The third kappa shape index (κ3) is 5.39. The Balaban J connectivity index is 1.39. The van der Waals surface area contributed by atoms with Crippen molar-refractivity contribution in [2.24, 2.45) is 5.92 Å². The van der Waals surface area contributed by atoms with Crippen molar-refractivity contribution in [1.29, 1.82) is 0 Å². The lowest BCUT2D eigenvalue weighted by molar-refractivity contribution is -0.122. The second-order valence-electron chi connectivity index (χ2n) is 10.4. The van der Waals surface area contributed by atoms with Gasteiger partial charge in [-0.15, -0.1) is 0 Å². The lowest BCUT2D eigenvalue weighted by Gasteiger charge is -2.31. The molecule has 6 rings (SSSR count). The zero-order valence-electron chi connectivity index (χ0n) is 23.4. The number of carbonyl (C=O) groups excluding carboxylic acids is 3. The Morgan fingerprint density at radius 1 is 0.953 bits per heavy atom. The molecule has 3 atom stereocenters. The van der Waals surface area contributed by atoms with Crippen molar-refractivity contribution in [3.63, 3.8) is 0 Å². The van der Waals surface area contributed by atoms with Crippen LogP contribution in [0.5, 0.6) is 5.75 Å². The number of fused-ring (bicyclic) bond motifs is 2. The van der Waals surface area contributed by atoms with E-state index in [1.807, 2.05) is 43.3 Å². The SMILES string of the molecule is COc1ccc(NC(=O)Cn2c3c(sc2=O)[C@H](c2ccc(N(C)C)cc2)C2C(=O)N(c4ccc(Br)cc4)C(=O)C2S3)cc1. The van der Waals surface area contributed by atoms with Gasteiger partial charge in [-0.3, -0.25) is 23.7 Å². The number of aromatic nitrogens is 1. The second kappa shape index (κ2) is 11.7. The molecule has 0 saturated carbocycles. The van der Waals surface area contributed by atoms with E-state index in [1.165, 1.54) is 21.2 Å². The van der Waals surface area contributed by atoms with E-state index < -0.39 is 17.1 Å². The van der Waals surface area contributed by atoms with Gasteiger partial charge in [0.2, 0.25) is 17.7 Å². The fraction of sp³-hybridized carbons (Fsp3) is 0.226. The van der Waals surface area contributed by atoms with Gasteiger partial charge in [-0.1, -0.05) is 51.2 Å². The second-order valence-corrected chi connectivity index (χ2v) is 13.5. The summed E-state index contributed by atoms with van der Waals surface area (Å²) in [4.78, 5) is 58.0. The van der Waals surface area contributed by atoms with Crippen molar-refractivity contribution < 1.29 is 19.1 Å². The predicted molar refractivity (Wildman–Crippen MR) is 173 cm³/mol. The third-order valence-corrected chi connectivity index (χ3v) is 10.7. The molecule has 3 amide bonds. The van der Waals surface area contributed by atoms with Crippen LogP contribution in [0.2, 0.25) is 0 Å². The monoisotopic (exact) mass is 678 g/mol. The zero-order chi connectivity index (χ0) is 30.4. The van der Waals surface area contributed by atoms with Crippen molar-refractivity contribution in [2.45, 2.75) is 22.7 Å². The van der Waals surface area contributed by atoms with Crippen LogP contribution in [0.25, 0.3) is 0 Å². The van der Waals surface area contributed by atoms with Crippen molar-refractivity contribution in [3.05, 3.63) is 97.4 Å². The van der Waals surface area contributed by atoms with Crippen LogP contribution in [-0.4, -0.2) is 48.7 Å². The number of nitrogens with zero attached hydrogens (tertiary/aromatic N) is 3. The number of rotatable bonds is 7. The molecule has 0 aliphatic carbocycles. The number of carbonyl (C=O) groups is 3. The van der Waals surface area contributed by atoms with Gasteiger partial charge in [0.1, 0.15) is 17.5 Å². The number of thioether (sulfide) groups is 1. The number of anilines is 3. The molecule has 12 heteroatoms. The number of imide groups is 1. The molecule has 0 spiro atoms. The summed E-state index contributed by atoms with van der Waals surface area (Å²) >= 11 is 5.63. The van der Waals surface area contributed by atoms with Crippen LogP contribution < -0.4 is 24.7 Å². The Labute approximate surface area is 264 Å². The Bertz CT molecular complexity index is 1770. The summed E-state index contributed by atoms with van der Waals surface area (Å²) in [5.74, 6) is -1.61. The summed E-state index contributed by atoms with van der Waals surface area (Å²) in [5.41, 5.74) is 2.87. The number of hydrogen-bond donors (Lipinski definition) is 1. The molecule has 1 fully saturated rings. The molecule has 2 aliphatic heterocycles. The molecular weight excluding hydrogens is 652 g/mol. The van der Waals surface area contributed by atoms with E-state index in [2.05, 4.69) is 21.2 Å². The van der Waals surface area contributed by atoms with Gasteiger partial charge in [0.25, 0.3) is 0 Å². The number of nitrogens with one attached hydrogen (secondary N) is 1. The lowest BCUT2D eigenvalue weighted by Crippen LogP contribution is -2.33. The van der Waals surface area contributed by atoms with E-state index in [4.69, 9.17) is 4.74 Å². The number of methoxy groups -OCH3 is 1. The Morgan fingerprint density at radius 2 is 1.63 bits per heavy atom. The van der Waals surface area contributed by atoms with E-state index in [1.54, 1.807) is 55.6 Å². The fourth-order valence-corrected chi connectivity index (χ4v) is 8.49. The molecule has 2 unspecified atom stereocenters. The van der Waals surface area contributed by atoms with Crippen LogP contribution in [0.4, 0.5) is 17.1 Å². The summed E-state index contributed by atoms with van der Waals surface area (Å²) < 4.78 is 7.43. The van der Waals surface area contributed by atoms with E-state index in [-0.39, 0.29) is 29.1 Å². The Hall–Kier alpha value is -3.87. The van der Waals surface area contributed by atoms with Gasteiger partial charge in [0.05, 0.1) is 23.7 Å². The van der Waals surface area contributed by atoms with Gasteiger partial charge in [-0.25, -0.2) is 4.90 Å². The van der Waals surface area contributed by atoms with Crippen molar-refractivity contribution in [1.82, 2.24) is 4.57 Å². The highest BCUT2D eigenvalue weighted by Gasteiger charge is 2.56. The molecule has 0 bridgehead atoms. The van der Waals surface area contributed by atoms with Gasteiger partial charge < -0.3 is 15.0 Å². The first-order chi connectivity index (χ1) is 20.7. The number of hydrogen-bond acceptors (Lipinski definition) is 8. The number of ether oxygens (including phenoxy) is 1. The number of thiazole rings is 1. The van der Waals surface area contributed by atoms with E-state index in [0.717, 1.165) is 27.1 Å². The number of benzene rings is 3. The maximum Gasteiger partial charge on any atom is 0.308 e. The van der Waals surface area contributed by atoms with Crippen LogP contribution in [0.15, 0.2) is 87.1 Å². The first-order valence-corrected chi connectivity index (χ1v) is 15.9. The minimum Gasteiger partial charge on any atom is -0.497 e. The molecule has 3 heterocycles. The van der Waals surface area contributed by atoms with Crippen LogP contribution >= 0.6 is 39.0 Å². The molecule has 4 aromatic rings. The molecule has 2 aliphatic rings. The molecule has 1 N–H and O–H groups in total. The predicted octanol–water partition coefficient (Wildman–Crippen LogP) is 5.18. The van der Waals surface area contributed by atoms with E-state index in [9.17, 15) is 19.2 Å². The molecule has 1 aromatic heterocycles. The van der Waals surface area contributed by atoms with Gasteiger partial charge in [-0.2, -0.15) is 0 Å². The van der Waals surface area contributed by atoms with Gasteiger partial charge in [0, 0.05) is 40.7 Å². The average molecular weight is 680 g/mol. The van der Waals surface area contributed by atoms with Crippen molar-refractivity contribution in [2.75, 3.05) is 36.3 Å². The van der Waals surface area contributed by atoms with Crippen LogP contribution in [0.3, 0.4) is 0 Å². The quantitative estimate of drug-likeness (QED) is 0.269. The maximum atomic E-state index is 14.0. The molecule has 3 aromatic carbocycles. The van der Waals surface area contributed by atoms with Crippen molar-refractivity contribution >= 4 is 73.8 Å². The zero-order valence-corrected chi connectivity index (χ0v) is 26.7. The number of halogens is 1. The highest BCUT2D eigenvalue weighted by Crippen LogP contribution is 2.54. The minimum absolute atomic E-state index is 0.230. The van der Waals surface area contributed by atoms with Gasteiger partial charge in [0.15, 0.2) is 0 Å². The average Bonchev–Trinajstić information content (AvgIpc) is 3.44. The molecule has 220 valence electrons. The lowest BCUT2D eigenvalue weighted by atomic mass is 9.83. The highest BCUT2D eigenvalue weighted by atomic mass is 79.9. The summed E-state index contributed by atoms with van der Waals surface area (Å²) in [7, 11) is 5.45. The van der Waals surface area contributed by atoms with Gasteiger partial charge >= 0.3 is 4.87 Å². The van der Waals surface area contributed by atoms with E-state index >= 15 is 0 Å². The minimum atomic E-state index is -0.757. The standard InChI is InChI=1S/C31H27BrN4O5S2/c1-34(2)20-10-4-17(5-11-20)24-25-26(29(39)36(28(25)38)21-12-6-18(32)7-13-21)42-30-27(24)43-31(40)35(30)16-23(37)33-19-8-14-22(41-3)15-9-19/h4-15,24-26H,16H2,1-3H3,(H,33,37)/t24-,25?,26?/m1/s1. The summed E-state index contributed by atoms with van der Waals surface area (Å²) in [6.45, 7) is -0.230. The smallest absolute Gasteiger partial charge is 0.308 e. The van der Waals surface area contributed by atoms with Crippen LogP contribution in [0.1, 0.15) is 16.4 Å². The fourth-order valence-electron chi connectivity index (χ4n) is 5.46. The van der Waals surface area contributed by atoms with E-state index in [0.29, 0.717) is 27.0 Å². The van der Waals surface area contributed by atoms with Crippen LogP contribution in [0, 0.1) is 5.92 Å². The summed E-state index contributed by atoms with van der Waals surface area (Å²) in [5, 5.41) is 2.61. The van der Waals surface area contributed by atoms with Crippen molar-refractivity contribution in [3.8, 4) is 5.75 Å². The molecule has 9 nitrogen and oxygen atoms in total. The van der Waals surface area contributed by atoms with Crippen LogP contribution in [-0.2, 0) is 20.9 Å². The third-order valence-electron chi connectivity index (χ3n) is 7.58. The molecular formula is C31H27BrN4O5S2. The highest BCUT2D eigenvalue weighted by molar-refractivity contribution is 9.10. The topological polar surface area (TPSA) is 101 Å². The Morgan fingerprint density at radius 3 is 2.26 bits per heavy atom. The Kier molecular flexibility index (Phi) is 7.92. The summed E-state index contributed by atoms with van der Waals surface area (Å²) in [6, 6.07) is 21.8. The summed E-state index contributed by atoms with van der Waals surface area (Å²) in [6.07, 6.45) is 0. The first kappa shape index (κ1) is 29.2. The number of amides is 3. The van der Waals surface area contributed by atoms with Gasteiger partial charge in [-0.05, 0) is 66.2 Å². The maximum absolute atomic E-state index is 14.0. The normalized spacial score (nSPS) is 19.2. The largest absolute Gasteiger partial charge is 0.497 e. The first-order valence-electron chi connectivity index (χ1n) is 13.4.